The van der Waals surface area contributed by atoms with Crippen molar-refractivity contribution in [2.45, 2.75) is 117 Å². The van der Waals surface area contributed by atoms with Crippen LogP contribution in [0.4, 0.5) is 16.2 Å². The molecule has 0 saturated heterocycles. The Balaban J connectivity index is 1.74. The van der Waals surface area contributed by atoms with Crippen molar-refractivity contribution in [1.82, 2.24) is 15.6 Å². The molecule has 2 aromatic carbocycles. The number of methoxy groups -OCH3 is 1. The predicted molar refractivity (Wildman–Crippen MR) is 229 cm³/mol. The monoisotopic (exact) mass is 823 g/mol. The summed E-state index contributed by atoms with van der Waals surface area (Å²) in [5, 5.41) is 16.0. The van der Waals surface area contributed by atoms with Crippen molar-refractivity contribution in [1.29, 1.82) is 0 Å². The zero-order chi connectivity index (χ0) is 43.3. The van der Waals surface area contributed by atoms with Crippen LogP contribution >= 0.6 is 0 Å². The second-order valence-corrected chi connectivity index (χ2v) is 21.5. The standard InChI is InChI=1S/C43H65N5O9Si/c1-13-18-55-42(52)40(50)39(26(2)3)44-22-31(11)46-47-33-16-14-32(15-17-33)25-56-43(53)45-36-21-38(57-58(27(4)5,28(6)7)29(8)9)37(54-12)20-35(36)41(51)48-23-30(10)19-34(48)24-49/h13-17,20-21,23,26-29,31,34,39,44,46-47,49H,1,18-19,22,24-25H2,2-12H3,(H,45,53)/t31?,34-,39?/m0/s1. The topological polar surface area (TPSA) is 177 Å². The molecule has 0 bridgehead atoms. The Kier molecular flexibility index (Phi) is 18.0. The highest BCUT2D eigenvalue weighted by atomic mass is 28.4. The third-order valence-electron chi connectivity index (χ3n) is 10.4. The Morgan fingerprint density at radius 3 is 2.14 bits per heavy atom. The molecule has 0 aliphatic carbocycles. The highest BCUT2D eigenvalue weighted by Gasteiger charge is 2.47. The van der Waals surface area contributed by atoms with Crippen LogP contribution in [0, 0.1) is 5.92 Å². The van der Waals surface area contributed by atoms with Crippen molar-refractivity contribution in [3.8, 4) is 11.5 Å². The lowest BCUT2D eigenvalue weighted by molar-refractivity contribution is -0.154. The van der Waals surface area contributed by atoms with Gasteiger partial charge in [-0.15, -0.1) is 0 Å². The smallest absolute Gasteiger partial charge is 0.411 e. The number of ether oxygens (including phenoxy) is 3. The fourth-order valence-electron chi connectivity index (χ4n) is 7.51. The van der Waals surface area contributed by atoms with Crippen molar-refractivity contribution >= 4 is 43.4 Å². The lowest BCUT2D eigenvalue weighted by Crippen LogP contribution is -2.50. The lowest BCUT2D eigenvalue weighted by atomic mass is 9.99. The van der Waals surface area contributed by atoms with Crippen molar-refractivity contribution in [3.05, 3.63) is 72.0 Å². The van der Waals surface area contributed by atoms with Gasteiger partial charge >= 0.3 is 12.1 Å². The van der Waals surface area contributed by atoms with Crippen LogP contribution in [0.15, 0.2) is 60.8 Å². The fraction of sp³-hybridized carbons (Fsp3) is 0.535. The van der Waals surface area contributed by atoms with E-state index < -0.39 is 44.2 Å². The summed E-state index contributed by atoms with van der Waals surface area (Å²) in [4.78, 5) is 53.7. The first-order chi connectivity index (χ1) is 27.4. The van der Waals surface area contributed by atoms with Gasteiger partial charge in [0.2, 0.25) is 0 Å². The number of hydrazine groups is 1. The molecule has 2 amide bonds. The molecule has 0 fully saturated rings. The second-order valence-electron chi connectivity index (χ2n) is 16.1. The number of anilines is 2. The maximum Gasteiger partial charge on any atom is 0.411 e. The van der Waals surface area contributed by atoms with Crippen LogP contribution < -0.4 is 30.6 Å². The van der Waals surface area contributed by atoms with Crippen LogP contribution in [0.25, 0.3) is 0 Å². The molecule has 1 aliphatic rings. The first kappa shape index (κ1) is 47.7. The van der Waals surface area contributed by atoms with Gasteiger partial charge in [0.1, 0.15) is 19.0 Å². The molecular weight excluding hydrogens is 759 g/mol. The van der Waals surface area contributed by atoms with Gasteiger partial charge in [-0.05, 0) is 66.6 Å². The zero-order valence-corrected chi connectivity index (χ0v) is 37.1. The lowest BCUT2D eigenvalue weighted by Gasteiger charge is -2.42. The van der Waals surface area contributed by atoms with Gasteiger partial charge in [-0.1, -0.05) is 85.8 Å². The molecule has 58 heavy (non-hydrogen) atoms. The highest BCUT2D eigenvalue weighted by Crippen LogP contribution is 2.46. The van der Waals surface area contributed by atoms with E-state index in [0.29, 0.717) is 24.5 Å². The van der Waals surface area contributed by atoms with E-state index in [4.69, 9.17) is 18.6 Å². The third-order valence-corrected chi connectivity index (χ3v) is 16.4. The van der Waals surface area contributed by atoms with E-state index in [-0.39, 0.29) is 59.7 Å². The number of esters is 1. The molecule has 5 N–H and O–H groups in total. The van der Waals surface area contributed by atoms with E-state index in [0.717, 1.165) is 16.8 Å². The predicted octanol–water partition coefficient (Wildman–Crippen LogP) is 7.33. The number of carbonyl (C=O) groups excluding carboxylic acids is 4. The molecule has 0 saturated carbocycles. The second kappa shape index (κ2) is 21.9. The summed E-state index contributed by atoms with van der Waals surface area (Å²) in [6.45, 7) is 24.1. The number of benzene rings is 2. The summed E-state index contributed by atoms with van der Waals surface area (Å²) < 4.78 is 23.3. The third kappa shape index (κ3) is 12.2. The summed E-state index contributed by atoms with van der Waals surface area (Å²) in [6.07, 6.45) is 2.90. The number of aliphatic hydroxyl groups excluding tert-OH is 1. The largest absolute Gasteiger partial charge is 0.540 e. The Morgan fingerprint density at radius 1 is 0.948 bits per heavy atom. The van der Waals surface area contributed by atoms with Crippen molar-refractivity contribution in [3.63, 3.8) is 0 Å². The molecule has 15 heteroatoms. The molecule has 0 radical (unpaired) electrons. The Bertz CT molecular complexity index is 1740. The molecule has 0 aromatic heterocycles. The quantitative estimate of drug-likeness (QED) is 0.0263. The first-order valence-electron chi connectivity index (χ1n) is 20.0. The molecule has 2 aromatic rings. The summed E-state index contributed by atoms with van der Waals surface area (Å²) in [6, 6.07) is 9.22. The number of Topliss-reactive ketones (excluding diaryl/α,β-unsaturated/α-hetero) is 1. The van der Waals surface area contributed by atoms with Crippen LogP contribution in [0.1, 0.15) is 91.6 Å². The SMILES string of the molecule is C=CCOC(=O)C(=O)C(NCC(C)NNc1ccc(COC(=O)Nc2cc(O[Si](C(C)C)(C(C)C)C(C)C)c(OC)cc2C(=O)N2C=C(C)C[C@H]2CO)cc1)C(C)C. The summed E-state index contributed by atoms with van der Waals surface area (Å²) >= 11 is 0. The molecular formula is C43H65N5O9Si. The number of amides is 2. The van der Waals surface area contributed by atoms with E-state index in [2.05, 4.69) is 69.6 Å². The van der Waals surface area contributed by atoms with Crippen LogP contribution in [-0.2, 0) is 25.7 Å². The minimum Gasteiger partial charge on any atom is -0.540 e. The Labute approximate surface area is 345 Å². The van der Waals surface area contributed by atoms with E-state index >= 15 is 0 Å². The molecule has 14 nitrogen and oxygen atoms in total. The van der Waals surface area contributed by atoms with Crippen LogP contribution in [0.5, 0.6) is 11.5 Å². The van der Waals surface area contributed by atoms with Gasteiger partial charge < -0.3 is 39.4 Å². The molecule has 1 heterocycles. The van der Waals surface area contributed by atoms with Gasteiger partial charge in [0.05, 0.1) is 37.1 Å². The van der Waals surface area contributed by atoms with E-state index in [1.807, 2.05) is 52.0 Å². The van der Waals surface area contributed by atoms with Crippen LogP contribution in [0.3, 0.4) is 0 Å². The van der Waals surface area contributed by atoms with Gasteiger partial charge in [-0.3, -0.25) is 14.9 Å². The maximum atomic E-state index is 14.1. The number of aliphatic hydroxyl groups is 1. The number of rotatable bonds is 22. The van der Waals surface area contributed by atoms with Crippen LogP contribution in [0.2, 0.25) is 16.6 Å². The number of hydrogen-bond donors (Lipinski definition) is 5. The minimum atomic E-state index is -2.48. The number of hydrogen-bond acceptors (Lipinski definition) is 12. The Morgan fingerprint density at radius 2 is 1.59 bits per heavy atom. The van der Waals surface area contributed by atoms with Crippen molar-refractivity contribution < 1.29 is 42.9 Å². The number of nitrogens with one attached hydrogen (secondary N) is 4. The maximum absolute atomic E-state index is 14.1. The molecule has 2 unspecified atom stereocenters. The van der Waals surface area contributed by atoms with Crippen molar-refractivity contribution in [2.75, 3.05) is 37.6 Å². The molecule has 3 atom stereocenters. The summed E-state index contributed by atoms with van der Waals surface area (Å²) in [7, 11) is -0.961. The van der Waals surface area contributed by atoms with Gasteiger partial charge in [0.15, 0.2) is 5.75 Å². The average Bonchev–Trinajstić information content (AvgIpc) is 3.57. The summed E-state index contributed by atoms with van der Waals surface area (Å²) in [5.74, 6) is -1.26. The number of nitrogens with zero attached hydrogens (tertiary/aromatic N) is 1. The van der Waals surface area contributed by atoms with Gasteiger partial charge in [0, 0.05) is 30.5 Å². The zero-order valence-electron chi connectivity index (χ0n) is 36.1. The van der Waals surface area contributed by atoms with Crippen LogP contribution in [-0.4, -0.2) is 87.1 Å². The first-order valence-corrected chi connectivity index (χ1v) is 22.1. The van der Waals surface area contributed by atoms with Gasteiger partial charge in [0.25, 0.3) is 20.0 Å². The number of ketones is 1. The molecule has 320 valence electrons. The Hall–Kier alpha value is -4.70. The number of carbonyl (C=O) groups is 4. The summed E-state index contributed by atoms with van der Waals surface area (Å²) in [5.41, 5.74) is 9.83. The molecule has 3 rings (SSSR count). The molecule has 1 aliphatic heterocycles. The normalized spacial score (nSPS) is 15.3. The van der Waals surface area contributed by atoms with Gasteiger partial charge in [-0.25, -0.2) is 15.0 Å². The highest BCUT2D eigenvalue weighted by molar-refractivity contribution is 6.78. The van der Waals surface area contributed by atoms with E-state index in [9.17, 15) is 24.3 Å². The fourth-order valence-corrected chi connectivity index (χ4v) is 12.8. The minimum absolute atomic E-state index is 0.0276. The van der Waals surface area contributed by atoms with E-state index in [1.54, 1.807) is 18.3 Å². The van der Waals surface area contributed by atoms with Crippen molar-refractivity contribution in [2.24, 2.45) is 5.92 Å². The van der Waals surface area contributed by atoms with Gasteiger partial charge in [-0.2, -0.15) is 0 Å². The average molecular weight is 824 g/mol. The van der Waals surface area contributed by atoms with E-state index in [1.165, 1.54) is 18.1 Å². The molecule has 0 spiro atoms.